The number of hydrogen-bond donors (Lipinski definition) is 1. The molecule has 0 atom stereocenters. The first-order chi connectivity index (χ1) is 6.68. The van der Waals surface area contributed by atoms with Crippen molar-refractivity contribution < 1.29 is 14.6 Å². The fraction of sp³-hybridized carbons (Fsp3) is 0.364. The van der Waals surface area contributed by atoms with E-state index >= 15 is 0 Å². The van der Waals surface area contributed by atoms with Gasteiger partial charge in [0.2, 0.25) is 0 Å². The molecule has 0 bridgehead atoms. The zero-order valence-corrected chi connectivity index (χ0v) is 7.99. The monoisotopic (exact) mass is 192 g/mol. The second-order valence-corrected chi connectivity index (χ2v) is 3.57. The van der Waals surface area contributed by atoms with Gasteiger partial charge in [-0.25, -0.2) is 4.79 Å². The average Bonchev–Trinajstić information content (AvgIpc) is 2.91. The molecule has 0 aromatic heterocycles. The van der Waals surface area contributed by atoms with E-state index in [0.29, 0.717) is 5.75 Å². The van der Waals surface area contributed by atoms with Gasteiger partial charge < -0.3 is 9.84 Å². The molecule has 1 aromatic carbocycles. The summed E-state index contributed by atoms with van der Waals surface area (Å²) in [6.45, 7) is 1.87. The molecule has 1 aliphatic rings. The molecule has 2 rings (SSSR count). The molecule has 1 fully saturated rings. The number of para-hydroxylation sites is 1. The normalized spacial score (nSPS) is 15.2. The van der Waals surface area contributed by atoms with Gasteiger partial charge in [-0.3, -0.25) is 0 Å². The van der Waals surface area contributed by atoms with Gasteiger partial charge >= 0.3 is 5.97 Å². The molecular formula is C11H12O3. The van der Waals surface area contributed by atoms with Crippen molar-refractivity contribution in [3.8, 4) is 5.75 Å². The molecular weight excluding hydrogens is 180 g/mol. The Morgan fingerprint density at radius 3 is 2.79 bits per heavy atom. The van der Waals surface area contributed by atoms with Crippen molar-refractivity contribution in [3.63, 3.8) is 0 Å². The zero-order chi connectivity index (χ0) is 10.1. The molecule has 1 N–H and O–H groups in total. The molecule has 0 spiro atoms. The smallest absolute Gasteiger partial charge is 0.339 e. The average molecular weight is 192 g/mol. The van der Waals surface area contributed by atoms with Crippen molar-refractivity contribution in [2.24, 2.45) is 0 Å². The van der Waals surface area contributed by atoms with Gasteiger partial charge in [-0.15, -0.1) is 0 Å². The van der Waals surface area contributed by atoms with Crippen molar-refractivity contribution in [1.82, 2.24) is 0 Å². The fourth-order valence-corrected chi connectivity index (χ4v) is 1.33. The van der Waals surface area contributed by atoms with Gasteiger partial charge in [0.1, 0.15) is 11.3 Å². The zero-order valence-electron chi connectivity index (χ0n) is 7.99. The standard InChI is InChI=1S/C11H12O3/c1-7-3-2-4-9(11(12)13)10(7)14-8-5-6-8/h2-4,8H,5-6H2,1H3,(H,12,13). The first-order valence-electron chi connectivity index (χ1n) is 4.68. The number of rotatable bonds is 3. The summed E-state index contributed by atoms with van der Waals surface area (Å²) in [5.41, 5.74) is 1.15. The lowest BCUT2D eigenvalue weighted by Gasteiger charge is -2.10. The number of hydrogen-bond acceptors (Lipinski definition) is 2. The van der Waals surface area contributed by atoms with Crippen molar-refractivity contribution in [1.29, 1.82) is 0 Å². The first-order valence-corrected chi connectivity index (χ1v) is 4.68. The topological polar surface area (TPSA) is 46.5 Å². The summed E-state index contributed by atoms with van der Waals surface area (Å²) in [5.74, 6) is -0.396. The molecule has 1 aliphatic carbocycles. The summed E-state index contributed by atoms with van der Waals surface area (Å²) in [6.07, 6.45) is 2.30. The molecule has 14 heavy (non-hydrogen) atoms. The van der Waals surface area contributed by atoms with Crippen LogP contribution < -0.4 is 4.74 Å². The maximum atomic E-state index is 10.9. The third-order valence-electron chi connectivity index (χ3n) is 2.25. The van der Waals surface area contributed by atoms with Crippen LogP contribution in [-0.4, -0.2) is 17.2 Å². The van der Waals surface area contributed by atoms with E-state index in [2.05, 4.69) is 0 Å². The quantitative estimate of drug-likeness (QED) is 0.798. The van der Waals surface area contributed by atoms with Crippen molar-refractivity contribution in [2.45, 2.75) is 25.9 Å². The number of carbonyl (C=O) groups is 1. The van der Waals surface area contributed by atoms with Gasteiger partial charge in [-0.05, 0) is 31.4 Å². The van der Waals surface area contributed by atoms with Crippen LogP contribution in [0, 0.1) is 6.92 Å². The molecule has 0 heterocycles. The maximum Gasteiger partial charge on any atom is 0.339 e. The van der Waals surface area contributed by atoms with Gasteiger partial charge in [0.15, 0.2) is 0 Å². The highest BCUT2D eigenvalue weighted by Crippen LogP contribution is 2.31. The Bertz CT molecular complexity index is 367. The van der Waals surface area contributed by atoms with E-state index in [1.807, 2.05) is 13.0 Å². The summed E-state index contributed by atoms with van der Waals surface area (Å²) < 4.78 is 5.57. The molecule has 3 heteroatoms. The van der Waals surface area contributed by atoms with Crippen LogP contribution in [0.15, 0.2) is 18.2 Å². The largest absolute Gasteiger partial charge is 0.489 e. The predicted molar refractivity (Wildman–Crippen MR) is 51.8 cm³/mol. The third-order valence-corrected chi connectivity index (χ3v) is 2.25. The van der Waals surface area contributed by atoms with Crippen LogP contribution in [0.5, 0.6) is 5.75 Å². The minimum atomic E-state index is -0.927. The summed E-state index contributed by atoms with van der Waals surface area (Å²) in [4.78, 5) is 10.9. The van der Waals surface area contributed by atoms with E-state index in [4.69, 9.17) is 9.84 Å². The number of ether oxygens (including phenoxy) is 1. The fourth-order valence-electron chi connectivity index (χ4n) is 1.33. The minimum absolute atomic E-state index is 0.231. The van der Waals surface area contributed by atoms with Gasteiger partial charge in [0.05, 0.1) is 6.10 Å². The van der Waals surface area contributed by atoms with E-state index < -0.39 is 5.97 Å². The van der Waals surface area contributed by atoms with E-state index in [9.17, 15) is 4.79 Å². The second kappa shape index (κ2) is 3.33. The van der Waals surface area contributed by atoms with Crippen molar-refractivity contribution in [3.05, 3.63) is 29.3 Å². The number of carboxylic acids is 1. The lowest BCUT2D eigenvalue weighted by atomic mass is 10.1. The second-order valence-electron chi connectivity index (χ2n) is 3.57. The van der Waals surface area contributed by atoms with Crippen LogP contribution in [-0.2, 0) is 0 Å². The van der Waals surface area contributed by atoms with E-state index in [1.54, 1.807) is 12.1 Å². The molecule has 1 aromatic rings. The highest BCUT2D eigenvalue weighted by Gasteiger charge is 2.26. The third kappa shape index (κ3) is 1.71. The Labute approximate surface area is 82.3 Å². The summed E-state index contributed by atoms with van der Waals surface area (Å²) in [5, 5.41) is 8.94. The SMILES string of the molecule is Cc1cccc(C(=O)O)c1OC1CC1. The highest BCUT2D eigenvalue weighted by atomic mass is 16.5. The molecule has 74 valence electrons. The molecule has 0 saturated heterocycles. The first kappa shape index (κ1) is 9.06. The summed E-state index contributed by atoms with van der Waals surface area (Å²) in [7, 11) is 0. The Morgan fingerprint density at radius 2 is 2.21 bits per heavy atom. The van der Waals surface area contributed by atoms with Crippen molar-refractivity contribution >= 4 is 5.97 Å². The van der Waals surface area contributed by atoms with Gasteiger partial charge in [0.25, 0.3) is 0 Å². The van der Waals surface area contributed by atoms with E-state index in [1.165, 1.54) is 0 Å². The van der Waals surface area contributed by atoms with E-state index in [-0.39, 0.29) is 11.7 Å². The minimum Gasteiger partial charge on any atom is -0.489 e. The molecule has 0 unspecified atom stereocenters. The van der Waals surface area contributed by atoms with Gasteiger partial charge in [-0.2, -0.15) is 0 Å². The Morgan fingerprint density at radius 1 is 1.50 bits per heavy atom. The Balaban J connectivity index is 2.36. The van der Waals surface area contributed by atoms with Crippen molar-refractivity contribution in [2.75, 3.05) is 0 Å². The number of aryl methyl sites for hydroxylation is 1. The van der Waals surface area contributed by atoms with Gasteiger partial charge in [-0.1, -0.05) is 12.1 Å². The lowest BCUT2D eigenvalue weighted by Crippen LogP contribution is -2.05. The molecule has 1 saturated carbocycles. The number of benzene rings is 1. The van der Waals surface area contributed by atoms with E-state index in [0.717, 1.165) is 18.4 Å². The van der Waals surface area contributed by atoms with Crippen LogP contribution in [0.1, 0.15) is 28.8 Å². The molecule has 0 aliphatic heterocycles. The molecule has 0 amide bonds. The van der Waals surface area contributed by atoms with Crippen LogP contribution in [0.4, 0.5) is 0 Å². The predicted octanol–water partition coefficient (Wildman–Crippen LogP) is 2.23. The van der Waals surface area contributed by atoms with Crippen LogP contribution in [0.25, 0.3) is 0 Å². The molecule has 3 nitrogen and oxygen atoms in total. The van der Waals surface area contributed by atoms with Crippen LogP contribution >= 0.6 is 0 Å². The highest BCUT2D eigenvalue weighted by molar-refractivity contribution is 5.91. The number of carboxylic acid groups (broad SMARTS) is 1. The maximum absolute atomic E-state index is 10.9. The number of aromatic carboxylic acids is 1. The van der Waals surface area contributed by atoms with Crippen LogP contribution in [0.2, 0.25) is 0 Å². The lowest BCUT2D eigenvalue weighted by molar-refractivity contribution is 0.0691. The summed E-state index contributed by atoms with van der Waals surface area (Å²) in [6, 6.07) is 5.18. The summed E-state index contributed by atoms with van der Waals surface area (Å²) >= 11 is 0. The van der Waals surface area contributed by atoms with Gasteiger partial charge in [0, 0.05) is 0 Å². The molecule has 0 radical (unpaired) electrons. The Kier molecular flexibility index (Phi) is 2.15. The van der Waals surface area contributed by atoms with Crippen LogP contribution in [0.3, 0.4) is 0 Å². The Hall–Kier alpha value is -1.51.